The summed E-state index contributed by atoms with van der Waals surface area (Å²) in [4.78, 5) is 23.0. The van der Waals surface area contributed by atoms with E-state index in [4.69, 9.17) is 9.47 Å². The summed E-state index contributed by atoms with van der Waals surface area (Å²) < 4.78 is 11.6. The highest BCUT2D eigenvalue weighted by Crippen LogP contribution is 2.26. The summed E-state index contributed by atoms with van der Waals surface area (Å²) in [5, 5.41) is 0. The largest absolute Gasteiger partial charge is 0.437 e. The van der Waals surface area contributed by atoms with Gasteiger partial charge in [-0.2, -0.15) is 0 Å². The third-order valence-corrected chi connectivity index (χ3v) is 3.71. The third-order valence-electron chi connectivity index (χ3n) is 3.71. The van der Waals surface area contributed by atoms with Crippen molar-refractivity contribution in [3.05, 3.63) is 48.4 Å². The second kappa shape index (κ2) is 6.57. The van der Waals surface area contributed by atoms with Gasteiger partial charge < -0.3 is 14.4 Å². The van der Waals surface area contributed by atoms with E-state index in [0.717, 1.165) is 0 Å². The first kappa shape index (κ1) is 16.4. The molecule has 6 heteroatoms. The normalized spacial score (nSPS) is 19.8. The van der Waals surface area contributed by atoms with E-state index in [2.05, 4.69) is 9.97 Å². The maximum Gasteiger partial charge on any atom is 0.259 e. The van der Waals surface area contributed by atoms with E-state index in [1.165, 1.54) is 0 Å². The van der Waals surface area contributed by atoms with Crippen LogP contribution < -0.4 is 4.74 Å². The van der Waals surface area contributed by atoms with Crippen LogP contribution in [0.15, 0.2) is 42.9 Å². The molecule has 1 atom stereocenters. The van der Waals surface area contributed by atoms with E-state index in [1.54, 1.807) is 47.8 Å². The number of morpholine rings is 1. The second-order valence-electron chi connectivity index (χ2n) is 6.52. The predicted octanol–water partition coefficient (Wildman–Crippen LogP) is 2.91. The van der Waals surface area contributed by atoms with Gasteiger partial charge in [0.25, 0.3) is 5.91 Å². The average Bonchev–Trinajstić information content (AvgIpc) is 2.54. The molecular weight excluding hydrogens is 306 g/mol. The molecule has 1 aliphatic heterocycles. The number of hydrogen-bond donors (Lipinski definition) is 0. The van der Waals surface area contributed by atoms with Gasteiger partial charge in [-0.05, 0) is 45.0 Å². The van der Waals surface area contributed by atoms with Crippen LogP contribution in [0.25, 0.3) is 0 Å². The Bertz CT molecular complexity index is 718. The highest BCUT2D eigenvalue weighted by Gasteiger charge is 2.35. The maximum absolute atomic E-state index is 13.0. The van der Waals surface area contributed by atoms with Crippen molar-refractivity contribution in [2.75, 3.05) is 13.1 Å². The minimum atomic E-state index is -0.375. The minimum absolute atomic E-state index is 0.0166. The van der Waals surface area contributed by atoms with E-state index >= 15 is 0 Å². The lowest BCUT2D eigenvalue weighted by Gasteiger charge is -2.41. The van der Waals surface area contributed by atoms with Crippen LogP contribution in [0.2, 0.25) is 0 Å². The minimum Gasteiger partial charge on any atom is -0.437 e. The Morgan fingerprint density at radius 3 is 2.83 bits per heavy atom. The Morgan fingerprint density at radius 1 is 1.33 bits per heavy atom. The van der Waals surface area contributed by atoms with Crippen LogP contribution in [-0.2, 0) is 4.74 Å². The lowest BCUT2D eigenvalue weighted by Crippen LogP contribution is -2.53. The highest BCUT2D eigenvalue weighted by atomic mass is 16.5. The van der Waals surface area contributed by atoms with Gasteiger partial charge in [0.1, 0.15) is 11.3 Å². The average molecular weight is 327 g/mol. The van der Waals surface area contributed by atoms with Crippen molar-refractivity contribution >= 4 is 5.91 Å². The molecular formula is C18H21N3O3. The van der Waals surface area contributed by atoms with Crippen molar-refractivity contribution in [2.45, 2.75) is 32.5 Å². The Labute approximate surface area is 141 Å². The van der Waals surface area contributed by atoms with Gasteiger partial charge in [-0.25, -0.2) is 4.98 Å². The zero-order valence-electron chi connectivity index (χ0n) is 14.1. The van der Waals surface area contributed by atoms with Crippen LogP contribution in [0, 0.1) is 0 Å². The molecule has 1 amide bonds. The Balaban J connectivity index is 1.85. The van der Waals surface area contributed by atoms with Crippen molar-refractivity contribution in [1.29, 1.82) is 0 Å². The molecule has 6 nitrogen and oxygen atoms in total. The summed E-state index contributed by atoms with van der Waals surface area (Å²) in [6.45, 7) is 7.01. The highest BCUT2D eigenvalue weighted by molar-refractivity contribution is 5.96. The standard InChI is InChI=1S/C18H21N3O3/c1-13-11-21(12-18(2,3)24-13)17(22)15-7-5-9-20-16(15)23-14-6-4-8-19-10-14/h4-10,13H,11-12H2,1-3H3. The molecule has 0 aromatic carbocycles. The number of carbonyl (C=O) groups is 1. The van der Waals surface area contributed by atoms with E-state index in [1.807, 2.05) is 20.8 Å². The van der Waals surface area contributed by atoms with Crippen LogP contribution in [0.4, 0.5) is 0 Å². The summed E-state index contributed by atoms with van der Waals surface area (Å²) >= 11 is 0. The number of aromatic nitrogens is 2. The monoisotopic (exact) mass is 327 g/mol. The fraction of sp³-hybridized carbons (Fsp3) is 0.389. The number of amides is 1. The van der Waals surface area contributed by atoms with Crippen LogP contribution in [0.1, 0.15) is 31.1 Å². The molecule has 0 N–H and O–H groups in total. The third kappa shape index (κ3) is 3.71. The molecule has 1 fully saturated rings. The lowest BCUT2D eigenvalue weighted by atomic mass is 10.0. The van der Waals surface area contributed by atoms with E-state index in [-0.39, 0.29) is 23.5 Å². The Kier molecular flexibility index (Phi) is 4.49. The van der Waals surface area contributed by atoms with Gasteiger partial charge in [0.05, 0.1) is 17.9 Å². The van der Waals surface area contributed by atoms with Crippen LogP contribution >= 0.6 is 0 Å². The zero-order chi connectivity index (χ0) is 17.2. The van der Waals surface area contributed by atoms with Crippen molar-refractivity contribution < 1.29 is 14.3 Å². The molecule has 0 aliphatic carbocycles. The van der Waals surface area contributed by atoms with Gasteiger partial charge >= 0.3 is 0 Å². The number of pyridine rings is 2. The molecule has 2 aromatic heterocycles. The van der Waals surface area contributed by atoms with Gasteiger partial charge in [0.15, 0.2) is 0 Å². The number of rotatable bonds is 3. The van der Waals surface area contributed by atoms with E-state index in [0.29, 0.717) is 24.4 Å². The molecule has 0 spiro atoms. The molecule has 0 saturated carbocycles. The summed E-state index contributed by atoms with van der Waals surface area (Å²) in [7, 11) is 0. The number of carbonyl (C=O) groups excluding carboxylic acids is 1. The first-order valence-electron chi connectivity index (χ1n) is 7.94. The molecule has 3 rings (SSSR count). The summed E-state index contributed by atoms with van der Waals surface area (Å²) in [5.74, 6) is 0.721. The van der Waals surface area contributed by atoms with Crippen molar-refractivity contribution in [3.63, 3.8) is 0 Å². The fourth-order valence-corrected chi connectivity index (χ4v) is 2.93. The number of ether oxygens (including phenoxy) is 2. The number of nitrogens with zero attached hydrogens (tertiary/aromatic N) is 3. The zero-order valence-corrected chi connectivity index (χ0v) is 14.1. The van der Waals surface area contributed by atoms with Crippen LogP contribution in [-0.4, -0.2) is 45.6 Å². The van der Waals surface area contributed by atoms with Crippen molar-refractivity contribution in [3.8, 4) is 11.6 Å². The van der Waals surface area contributed by atoms with Gasteiger partial charge in [0, 0.05) is 25.5 Å². The molecule has 2 aromatic rings. The van der Waals surface area contributed by atoms with Gasteiger partial charge in [-0.15, -0.1) is 0 Å². The fourth-order valence-electron chi connectivity index (χ4n) is 2.93. The SMILES string of the molecule is CC1CN(C(=O)c2cccnc2Oc2cccnc2)CC(C)(C)O1. The summed E-state index contributed by atoms with van der Waals surface area (Å²) in [6, 6.07) is 7.01. The Hall–Kier alpha value is -2.47. The first-order chi connectivity index (χ1) is 11.4. The summed E-state index contributed by atoms with van der Waals surface area (Å²) in [6.07, 6.45) is 4.84. The lowest BCUT2D eigenvalue weighted by molar-refractivity contribution is -0.118. The van der Waals surface area contributed by atoms with E-state index in [9.17, 15) is 4.79 Å². The van der Waals surface area contributed by atoms with Gasteiger partial charge in [0.2, 0.25) is 5.88 Å². The second-order valence-corrected chi connectivity index (χ2v) is 6.52. The van der Waals surface area contributed by atoms with Crippen LogP contribution in [0.3, 0.4) is 0 Å². The molecule has 24 heavy (non-hydrogen) atoms. The van der Waals surface area contributed by atoms with Crippen molar-refractivity contribution in [2.24, 2.45) is 0 Å². The summed E-state index contributed by atoms with van der Waals surface area (Å²) in [5.41, 5.74) is 0.0613. The molecule has 3 heterocycles. The molecule has 1 aliphatic rings. The van der Waals surface area contributed by atoms with Crippen LogP contribution in [0.5, 0.6) is 11.6 Å². The topological polar surface area (TPSA) is 64.6 Å². The van der Waals surface area contributed by atoms with Crippen molar-refractivity contribution in [1.82, 2.24) is 14.9 Å². The Morgan fingerprint density at radius 2 is 2.12 bits per heavy atom. The molecule has 1 unspecified atom stereocenters. The molecule has 1 saturated heterocycles. The maximum atomic E-state index is 13.0. The number of hydrogen-bond acceptors (Lipinski definition) is 5. The predicted molar refractivity (Wildman–Crippen MR) is 89.1 cm³/mol. The quantitative estimate of drug-likeness (QED) is 0.867. The molecule has 0 bridgehead atoms. The smallest absolute Gasteiger partial charge is 0.259 e. The molecule has 126 valence electrons. The first-order valence-corrected chi connectivity index (χ1v) is 7.94. The molecule has 0 radical (unpaired) electrons. The van der Waals surface area contributed by atoms with Gasteiger partial charge in [-0.1, -0.05) is 0 Å². The van der Waals surface area contributed by atoms with Gasteiger partial charge in [-0.3, -0.25) is 9.78 Å². The van der Waals surface area contributed by atoms with E-state index < -0.39 is 0 Å².